The minimum Gasteiger partial charge on any atom is -0.481 e. The average molecular weight is 304 g/mol. The lowest BCUT2D eigenvalue weighted by molar-refractivity contribution is -0.143. The summed E-state index contributed by atoms with van der Waals surface area (Å²) in [6, 6.07) is 6.73. The molecule has 0 aliphatic carbocycles. The predicted octanol–water partition coefficient (Wildman–Crippen LogP) is 1.97. The van der Waals surface area contributed by atoms with Crippen LogP contribution in [0.3, 0.4) is 0 Å². The number of aliphatic carboxylic acids is 1. The highest BCUT2D eigenvalue weighted by molar-refractivity contribution is 5.97. The standard InChI is InChI=1S/C16H20N2O4/c1-2-14(19)17-13-7-3-5-11(9-13)15(20)18-8-4-6-12(10-18)16(21)22/h3,5,7,9,12H,2,4,6,8,10H2,1H3,(H,17,19)(H,21,22). The highest BCUT2D eigenvalue weighted by Gasteiger charge is 2.28. The van der Waals surface area contributed by atoms with Gasteiger partial charge in [0, 0.05) is 30.8 Å². The van der Waals surface area contributed by atoms with Crippen LogP contribution in [-0.4, -0.2) is 40.9 Å². The Morgan fingerprint density at radius 2 is 2.14 bits per heavy atom. The summed E-state index contributed by atoms with van der Waals surface area (Å²) in [4.78, 5) is 36.6. The number of nitrogens with zero attached hydrogens (tertiary/aromatic N) is 1. The summed E-state index contributed by atoms with van der Waals surface area (Å²) < 4.78 is 0. The lowest BCUT2D eigenvalue weighted by atomic mass is 9.97. The van der Waals surface area contributed by atoms with Gasteiger partial charge in [-0.1, -0.05) is 13.0 Å². The van der Waals surface area contributed by atoms with Crippen molar-refractivity contribution in [3.63, 3.8) is 0 Å². The minimum absolute atomic E-state index is 0.117. The SMILES string of the molecule is CCC(=O)Nc1cccc(C(=O)N2CCCC(C(=O)O)C2)c1. The summed E-state index contributed by atoms with van der Waals surface area (Å²) >= 11 is 0. The Bertz CT molecular complexity index is 585. The number of hydrogen-bond donors (Lipinski definition) is 2. The molecule has 0 radical (unpaired) electrons. The number of carbonyl (C=O) groups excluding carboxylic acids is 2. The van der Waals surface area contributed by atoms with E-state index >= 15 is 0 Å². The fourth-order valence-corrected chi connectivity index (χ4v) is 2.53. The molecule has 1 aromatic carbocycles. The van der Waals surface area contributed by atoms with E-state index in [0.717, 1.165) is 0 Å². The van der Waals surface area contributed by atoms with E-state index in [1.165, 1.54) is 0 Å². The van der Waals surface area contributed by atoms with Crippen LogP contribution in [-0.2, 0) is 9.59 Å². The Balaban J connectivity index is 2.10. The summed E-state index contributed by atoms with van der Waals surface area (Å²) in [5, 5.41) is 11.8. The average Bonchev–Trinajstić information content (AvgIpc) is 2.54. The topological polar surface area (TPSA) is 86.7 Å². The van der Waals surface area contributed by atoms with Crippen LogP contribution in [0.5, 0.6) is 0 Å². The number of piperidine rings is 1. The highest BCUT2D eigenvalue weighted by atomic mass is 16.4. The third-order valence-corrected chi connectivity index (χ3v) is 3.77. The van der Waals surface area contributed by atoms with Crippen molar-refractivity contribution < 1.29 is 19.5 Å². The predicted molar refractivity (Wildman–Crippen MR) is 81.6 cm³/mol. The third-order valence-electron chi connectivity index (χ3n) is 3.77. The first-order valence-electron chi connectivity index (χ1n) is 7.43. The summed E-state index contributed by atoms with van der Waals surface area (Å²) in [6.45, 7) is 2.55. The van der Waals surface area contributed by atoms with Gasteiger partial charge in [-0.05, 0) is 31.0 Å². The van der Waals surface area contributed by atoms with Crippen LogP contribution in [0.15, 0.2) is 24.3 Å². The normalized spacial score (nSPS) is 17.9. The molecule has 2 amide bonds. The number of rotatable bonds is 4. The van der Waals surface area contributed by atoms with Gasteiger partial charge in [-0.15, -0.1) is 0 Å². The van der Waals surface area contributed by atoms with Crippen LogP contribution in [0.1, 0.15) is 36.5 Å². The molecule has 0 bridgehead atoms. The Labute approximate surface area is 129 Å². The van der Waals surface area contributed by atoms with Gasteiger partial charge in [-0.2, -0.15) is 0 Å². The molecule has 1 atom stereocenters. The van der Waals surface area contributed by atoms with E-state index in [1.807, 2.05) is 0 Å². The first kappa shape index (κ1) is 16.0. The molecule has 1 saturated heterocycles. The zero-order valence-electron chi connectivity index (χ0n) is 12.5. The van der Waals surface area contributed by atoms with Crippen molar-refractivity contribution in [2.75, 3.05) is 18.4 Å². The van der Waals surface area contributed by atoms with E-state index in [1.54, 1.807) is 36.1 Å². The van der Waals surface area contributed by atoms with Gasteiger partial charge < -0.3 is 15.3 Å². The molecule has 118 valence electrons. The molecule has 1 aromatic rings. The lowest BCUT2D eigenvalue weighted by Crippen LogP contribution is -2.42. The molecule has 2 rings (SSSR count). The van der Waals surface area contributed by atoms with Crippen LogP contribution in [0.4, 0.5) is 5.69 Å². The quantitative estimate of drug-likeness (QED) is 0.890. The van der Waals surface area contributed by atoms with Gasteiger partial charge in [0.25, 0.3) is 5.91 Å². The zero-order valence-corrected chi connectivity index (χ0v) is 12.5. The summed E-state index contributed by atoms with van der Waals surface area (Å²) in [6.07, 6.45) is 1.66. The zero-order chi connectivity index (χ0) is 16.1. The first-order chi connectivity index (χ1) is 10.5. The molecule has 6 heteroatoms. The molecule has 0 spiro atoms. The number of carboxylic acids is 1. The van der Waals surface area contributed by atoms with E-state index in [0.29, 0.717) is 37.1 Å². The van der Waals surface area contributed by atoms with E-state index in [9.17, 15) is 14.4 Å². The second kappa shape index (κ2) is 7.06. The van der Waals surface area contributed by atoms with Crippen molar-refractivity contribution in [3.05, 3.63) is 29.8 Å². The maximum absolute atomic E-state index is 12.5. The maximum Gasteiger partial charge on any atom is 0.308 e. The van der Waals surface area contributed by atoms with Crippen LogP contribution in [0, 0.1) is 5.92 Å². The van der Waals surface area contributed by atoms with Crippen LogP contribution in [0.2, 0.25) is 0 Å². The van der Waals surface area contributed by atoms with Crippen molar-refractivity contribution in [1.29, 1.82) is 0 Å². The van der Waals surface area contributed by atoms with Gasteiger partial charge >= 0.3 is 5.97 Å². The number of carboxylic acid groups (broad SMARTS) is 1. The number of hydrogen-bond acceptors (Lipinski definition) is 3. The number of amides is 2. The lowest BCUT2D eigenvalue weighted by Gasteiger charge is -2.30. The van der Waals surface area contributed by atoms with Gasteiger partial charge in [0.05, 0.1) is 5.92 Å². The number of anilines is 1. The smallest absolute Gasteiger partial charge is 0.308 e. The van der Waals surface area contributed by atoms with Gasteiger partial charge in [0.15, 0.2) is 0 Å². The Hall–Kier alpha value is -2.37. The summed E-state index contributed by atoms with van der Waals surface area (Å²) in [5.41, 5.74) is 1.03. The molecule has 0 aromatic heterocycles. The van der Waals surface area contributed by atoms with Crippen LogP contribution < -0.4 is 5.32 Å². The Morgan fingerprint density at radius 3 is 2.82 bits per heavy atom. The fraction of sp³-hybridized carbons (Fsp3) is 0.438. The molecular weight excluding hydrogens is 284 g/mol. The van der Waals surface area contributed by atoms with Crippen molar-refractivity contribution in [3.8, 4) is 0 Å². The number of benzene rings is 1. The third kappa shape index (κ3) is 3.84. The molecule has 22 heavy (non-hydrogen) atoms. The molecule has 1 aliphatic rings. The molecule has 1 unspecified atom stereocenters. The molecule has 1 fully saturated rings. The van der Waals surface area contributed by atoms with Crippen molar-refractivity contribution >= 4 is 23.5 Å². The minimum atomic E-state index is -0.860. The monoisotopic (exact) mass is 304 g/mol. The van der Waals surface area contributed by atoms with Crippen molar-refractivity contribution in [2.24, 2.45) is 5.92 Å². The van der Waals surface area contributed by atoms with Crippen LogP contribution >= 0.6 is 0 Å². The van der Waals surface area contributed by atoms with E-state index in [4.69, 9.17) is 5.11 Å². The first-order valence-corrected chi connectivity index (χ1v) is 7.43. The fourth-order valence-electron chi connectivity index (χ4n) is 2.53. The number of carbonyl (C=O) groups is 3. The molecule has 0 saturated carbocycles. The maximum atomic E-state index is 12.5. The van der Waals surface area contributed by atoms with E-state index < -0.39 is 11.9 Å². The molecular formula is C16H20N2O4. The molecule has 2 N–H and O–H groups in total. The highest BCUT2D eigenvalue weighted by Crippen LogP contribution is 2.20. The van der Waals surface area contributed by atoms with E-state index in [-0.39, 0.29) is 18.4 Å². The van der Waals surface area contributed by atoms with Gasteiger partial charge in [0.2, 0.25) is 5.91 Å². The van der Waals surface area contributed by atoms with Crippen molar-refractivity contribution in [2.45, 2.75) is 26.2 Å². The van der Waals surface area contributed by atoms with Gasteiger partial charge in [-0.3, -0.25) is 14.4 Å². The second-order valence-corrected chi connectivity index (χ2v) is 5.41. The second-order valence-electron chi connectivity index (χ2n) is 5.41. The number of likely N-dealkylation sites (tertiary alicyclic amines) is 1. The summed E-state index contributed by atoms with van der Waals surface area (Å²) in [5.74, 6) is -1.67. The Kier molecular flexibility index (Phi) is 5.14. The van der Waals surface area contributed by atoms with E-state index in [2.05, 4.69) is 5.32 Å². The van der Waals surface area contributed by atoms with Gasteiger partial charge in [-0.25, -0.2) is 0 Å². The Morgan fingerprint density at radius 1 is 1.36 bits per heavy atom. The van der Waals surface area contributed by atoms with Crippen molar-refractivity contribution in [1.82, 2.24) is 4.90 Å². The largest absolute Gasteiger partial charge is 0.481 e. The summed E-state index contributed by atoms with van der Waals surface area (Å²) in [7, 11) is 0. The van der Waals surface area contributed by atoms with Crippen LogP contribution in [0.25, 0.3) is 0 Å². The molecule has 1 aliphatic heterocycles. The van der Waals surface area contributed by atoms with Gasteiger partial charge in [0.1, 0.15) is 0 Å². The number of nitrogens with one attached hydrogen (secondary N) is 1. The molecule has 1 heterocycles. The molecule has 6 nitrogen and oxygen atoms in total.